The van der Waals surface area contributed by atoms with Gasteiger partial charge >= 0.3 is 0 Å². The molecule has 0 saturated carbocycles. The van der Waals surface area contributed by atoms with Gasteiger partial charge in [-0.15, -0.1) is 5.10 Å². The minimum atomic E-state index is 0.194. The van der Waals surface area contributed by atoms with E-state index in [1.54, 1.807) is 11.8 Å². The number of nitrogens with zero attached hydrogens (tertiary/aromatic N) is 4. The van der Waals surface area contributed by atoms with Crippen molar-refractivity contribution in [3.05, 3.63) is 101 Å². The van der Waals surface area contributed by atoms with Crippen LogP contribution in [0.2, 0.25) is 5.02 Å². The lowest BCUT2D eigenvalue weighted by Crippen LogP contribution is -2.21. The molecule has 168 valence electrons. The van der Waals surface area contributed by atoms with Crippen molar-refractivity contribution in [3.63, 3.8) is 0 Å². The lowest BCUT2D eigenvalue weighted by atomic mass is 10.0. The number of anilines is 1. The lowest BCUT2D eigenvalue weighted by Gasteiger charge is -2.13. The summed E-state index contributed by atoms with van der Waals surface area (Å²) in [6.45, 7) is 0. The average Bonchev–Trinajstić information content (AvgIpc) is 3.41. The number of hydrogen-bond donors (Lipinski definition) is 2. The summed E-state index contributed by atoms with van der Waals surface area (Å²) in [5.41, 5.74) is 10.8. The van der Waals surface area contributed by atoms with Crippen LogP contribution in [0, 0.1) is 5.41 Å². The van der Waals surface area contributed by atoms with Gasteiger partial charge in [0.1, 0.15) is 5.75 Å². The number of aromatic nitrogens is 2. The van der Waals surface area contributed by atoms with Crippen molar-refractivity contribution in [2.45, 2.75) is 0 Å². The van der Waals surface area contributed by atoms with Gasteiger partial charge in [-0.1, -0.05) is 35.9 Å². The molecule has 0 atom stereocenters. The Hall–Kier alpha value is -4.36. The molecular formula is C26H21ClN6O. The monoisotopic (exact) mass is 468 g/mol. The maximum absolute atomic E-state index is 8.71. The van der Waals surface area contributed by atoms with Crippen molar-refractivity contribution < 1.29 is 4.74 Å². The molecule has 0 fully saturated rings. The van der Waals surface area contributed by atoms with Gasteiger partial charge in [0.05, 0.1) is 29.8 Å². The van der Waals surface area contributed by atoms with Gasteiger partial charge in [0.25, 0.3) is 0 Å². The minimum Gasteiger partial charge on any atom is -0.497 e. The third-order valence-electron chi connectivity index (χ3n) is 5.43. The Kier molecular flexibility index (Phi) is 5.61. The zero-order valence-corrected chi connectivity index (χ0v) is 19.1. The minimum absolute atomic E-state index is 0.194. The third kappa shape index (κ3) is 4.04. The lowest BCUT2D eigenvalue weighted by molar-refractivity contribution is 0.415. The van der Waals surface area contributed by atoms with Crippen LogP contribution in [0.3, 0.4) is 0 Å². The quantitative estimate of drug-likeness (QED) is 0.412. The molecular weight excluding hydrogens is 448 g/mol. The van der Waals surface area contributed by atoms with Crippen LogP contribution in [-0.4, -0.2) is 28.6 Å². The molecule has 1 aromatic heterocycles. The number of hydrogen-bond acceptors (Lipinski definition) is 5. The molecule has 2 heterocycles. The van der Waals surface area contributed by atoms with Crippen LogP contribution in [0.15, 0.2) is 95.7 Å². The zero-order valence-electron chi connectivity index (χ0n) is 18.3. The van der Waals surface area contributed by atoms with Crippen molar-refractivity contribution in [3.8, 4) is 22.7 Å². The number of ether oxygens (including phenoxy) is 1. The van der Waals surface area contributed by atoms with Crippen molar-refractivity contribution in [2.75, 3.05) is 12.1 Å². The fourth-order valence-electron chi connectivity index (χ4n) is 3.72. The smallest absolute Gasteiger partial charge is 0.157 e. The van der Waals surface area contributed by atoms with E-state index >= 15 is 0 Å². The molecule has 4 aromatic rings. The first-order valence-electron chi connectivity index (χ1n) is 10.5. The first kappa shape index (κ1) is 21.5. The molecule has 0 spiro atoms. The SMILES string of the molecule is COc1ccc(-c2nn(-c3cccc(Cl)c3)cc2/C=C2\C(=N)N(c3ccccc3)N=C2N)cc1. The summed E-state index contributed by atoms with van der Waals surface area (Å²) >= 11 is 6.21. The van der Waals surface area contributed by atoms with Crippen molar-refractivity contribution in [1.82, 2.24) is 9.78 Å². The van der Waals surface area contributed by atoms with E-state index in [9.17, 15) is 0 Å². The molecule has 3 N–H and O–H groups in total. The van der Waals surface area contributed by atoms with Crippen LogP contribution in [0.5, 0.6) is 5.75 Å². The number of hydrazone groups is 1. The number of nitrogens with two attached hydrogens (primary N) is 1. The molecule has 1 aliphatic heterocycles. The van der Waals surface area contributed by atoms with Crippen molar-refractivity contribution >= 4 is 35.0 Å². The maximum Gasteiger partial charge on any atom is 0.157 e. The van der Waals surface area contributed by atoms with Crippen molar-refractivity contribution in [2.24, 2.45) is 10.8 Å². The number of nitrogens with one attached hydrogen (secondary N) is 1. The third-order valence-corrected chi connectivity index (χ3v) is 5.67. The van der Waals surface area contributed by atoms with Crippen LogP contribution in [0.1, 0.15) is 5.56 Å². The number of para-hydroxylation sites is 1. The Balaban J connectivity index is 1.60. The van der Waals surface area contributed by atoms with Gasteiger partial charge in [0.15, 0.2) is 11.7 Å². The molecule has 3 aromatic carbocycles. The second kappa shape index (κ2) is 8.88. The number of halogens is 1. The summed E-state index contributed by atoms with van der Waals surface area (Å²) in [6, 6.07) is 24.6. The Morgan fingerprint density at radius 2 is 1.71 bits per heavy atom. The normalized spacial score (nSPS) is 14.5. The largest absolute Gasteiger partial charge is 0.497 e. The van der Waals surface area contributed by atoms with E-state index in [1.165, 1.54) is 5.01 Å². The van der Waals surface area contributed by atoms with Crippen LogP contribution >= 0.6 is 11.6 Å². The van der Waals surface area contributed by atoms with Gasteiger partial charge in [-0.3, -0.25) is 5.41 Å². The van der Waals surface area contributed by atoms with Gasteiger partial charge in [-0.05, 0) is 60.7 Å². The Morgan fingerprint density at radius 3 is 2.41 bits per heavy atom. The molecule has 0 amide bonds. The molecule has 5 rings (SSSR count). The average molecular weight is 469 g/mol. The number of amidine groups is 2. The van der Waals surface area contributed by atoms with Crippen LogP contribution in [-0.2, 0) is 0 Å². The number of methoxy groups -OCH3 is 1. The van der Waals surface area contributed by atoms with Gasteiger partial charge in [0.2, 0.25) is 0 Å². The van der Waals surface area contributed by atoms with Gasteiger partial charge in [-0.2, -0.15) is 5.10 Å². The second-order valence-corrected chi connectivity index (χ2v) is 8.06. The summed E-state index contributed by atoms with van der Waals surface area (Å²) < 4.78 is 7.06. The predicted octanol–water partition coefficient (Wildman–Crippen LogP) is 5.35. The topological polar surface area (TPSA) is 92.5 Å². The molecule has 0 aliphatic carbocycles. The molecule has 7 nitrogen and oxygen atoms in total. The van der Waals surface area contributed by atoms with E-state index in [4.69, 9.17) is 32.6 Å². The fourth-order valence-corrected chi connectivity index (χ4v) is 3.90. The van der Waals surface area contributed by atoms with E-state index in [1.807, 2.05) is 91.1 Å². The molecule has 0 bridgehead atoms. The molecule has 0 radical (unpaired) electrons. The van der Waals surface area contributed by atoms with Crippen LogP contribution in [0.25, 0.3) is 23.0 Å². The summed E-state index contributed by atoms with van der Waals surface area (Å²) in [6.07, 6.45) is 3.74. The van der Waals surface area contributed by atoms with Crippen molar-refractivity contribution in [1.29, 1.82) is 5.41 Å². The van der Waals surface area contributed by atoms with E-state index in [2.05, 4.69) is 5.10 Å². The number of benzene rings is 3. The molecule has 8 heteroatoms. The van der Waals surface area contributed by atoms with E-state index in [0.717, 1.165) is 33.9 Å². The zero-order chi connectivity index (χ0) is 23.7. The summed E-state index contributed by atoms with van der Waals surface area (Å²) in [4.78, 5) is 0. The first-order chi connectivity index (χ1) is 16.5. The highest BCUT2D eigenvalue weighted by molar-refractivity contribution is 6.33. The van der Waals surface area contributed by atoms with Crippen LogP contribution in [0.4, 0.5) is 5.69 Å². The van der Waals surface area contributed by atoms with Crippen LogP contribution < -0.4 is 15.5 Å². The van der Waals surface area contributed by atoms with Gasteiger partial charge in [-0.25, -0.2) is 9.69 Å². The van der Waals surface area contributed by atoms with E-state index in [0.29, 0.717) is 10.6 Å². The molecule has 0 saturated heterocycles. The maximum atomic E-state index is 8.71. The second-order valence-electron chi connectivity index (χ2n) is 7.63. The molecule has 34 heavy (non-hydrogen) atoms. The van der Waals surface area contributed by atoms with E-state index < -0.39 is 0 Å². The Morgan fingerprint density at radius 1 is 0.971 bits per heavy atom. The highest BCUT2D eigenvalue weighted by atomic mass is 35.5. The summed E-state index contributed by atoms with van der Waals surface area (Å²) in [5.74, 6) is 1.22. The molecule has 1 aliphatic rings. The number of rotatable bonds is 5. The Labute approximate surface area is 201 Å². The fraction of sp³-hybridized carbons (Fsp3) is 0.0385. The van der Waals surface area contributed by atoms with E-state index in [-0.39, 0.29) is 11.7 Å². The highest BCUT2D eigenvalue weighted by Crippen LogP contribution is 2.30. The summed E-state index contributed by atoms with van der Waals surface area (Å²) in [7, 11) is 1.63. The van der Waals surface area contributed by atoms with Gasteiger partial charge < -0.3 is 10.5 Å². The summed E-state index contributed by atoms with van der Waals surface area (Å²) in [5, 5.41) is 20.1. The Bertz CT molecular complexity index is 1420. The highest BCUT2D eigenvalue weighted by Gasteiger charge is 2.27. The standard InChI is InChI=1S/C26H21ClN6O/c1-34-22-12-10-17(11-13-22)24-18(16-32(30-24)21-9-5-6-19(27)15-21)14-23-25(28)31-33(26(23)29)20-7-3-2-4-8-20/h2-16,29H,1H3,(H2,28,31)/b23-14-,29-26?. The predicted molar refractivity (Wildman–Crippen MR) is 137 cm³/mol. The first-order valence-corrected chi connectivity index (χ1v) is 10.9. The van der Waals surface area contributed by atoms with Gasteiger partial charge in [0, 0.05) is 22.3 Å². The molecule has 0 unspecified atom stereocenters.